The summed E-state index contributed by atoms with van der Waals surface area (Å²) >= 11 is 0. The Morgan fingerprint density at radius 3 is 2.55 bits per heavy atom. The highest BCUT2D eigenvalue weighted by molar-refractivity contribution is 6.11. The lowest BCUT2D eigenvalue weighted by Gasteiger charge is -2.12. The molecule has 33 heavy (non-hydrogen) atoms. The average molecular weight is 449 g/mol. The SMILES string of the molecule is COCc1c(C(=O)OC(C)C)ncc2[nH]c3ccc(Oc4ccc([N+](=O)[O-])c(C)c4)cc3c12. The number of aryl methyl sites for hydroxylation is 1. The maximum atomic E-state index is 12.6. The van der Waals surface area contributed by atoms with E-state index in [1.54, 1.807) is 52.3 Å². The molecule has 2 aromatic carbocycles. The van der Waals surface area contributed by atoms with E-state index in [4.69, 9.17) is 14.2 Å². The monoisotopic (exact) mass is 449 g/mol. The number of fused-ring (bicyclic) bond motifs is 3. The van der Waals surface area contributed by atoms with Crippen molar-refractivity contribution in [3.8, 4) is 11.5 Å². The number of esters is 1. The van der Waals surface area contributed by atoms with Gasteiger partial charge in [-0.05, 0) is 51.1 Å². The maximum Gasteiger partial charge on any atom is 0.357 e. The topological polar surface area (TPSA) is 117 Å². The Morgan fingerprint density at radius 1 is 1.15 bits per heavy atom. The molecule has 0 fully saturated rings. The second kappa shape index (κ2) is 8.87. The molecule has 0 unspecified atom stereocenters. The van der Waals surface area contributed by atoms with Crippen LogP contribution in [0.3, 0.4) is 0 Å². The number of methoxy groups -OCH3 is 1. The Kier molecular flexibility index (Phi) is 5.97. The van der Waals surface area contributed by atoms with Crippen molar-refractivity contribution in [2.24, 2.45) is 0 Å². The lowest BCUT2D eigenvalue weighted by Crippen LogP contribution is -2.15. The summed E-state index contributed by atoms with van der Waals surface area (Å²) in [4.78, 5) is 30.9. The highest BCUT2D eigenvalue weighted by atomic mass is 16.6. The van der Waals surface area contributed by atoms with Crippen LogP contribution in [0.15, 0.2) is 42.6 Å². The standard InChI is InChI=1S/C24H23N3O6/c1-13(2)32-24(28)23-18(12-31-4)22-17-10-16(5-7-19(17)26-20(22)11-25-23)33-15-6-8-21(27(29)30)14(3)9-15/h5-11,13,26H,12H2,1-4H3. The second-order valence-electron chi connectivity index (χ2n) is 7.90. The lowest BCUT2D eigenvalue weighted by atomic mass is 10.1. The first-order valence-corrected chi connectivity index (χ1v) is 10.3. The number of hydrogen-bond donors (Lipinski definition) is 1. The minimum Gasteiger partial charge on any atom is -0.458 e. The number of aromatic amines is 1. The minimum absolute atomic E-state index is 0.0342. The molecule has 9 nitrogen and oxygen atoms in total. The van der Waals surface area contributed by atoms with Crippen LogP contribution >= 0.6 is 0 Å². The van der Waals surface area contributed by atoms with E-state index in [-0.39, 0.29) is 24.1 Å². The van der Waals surface area contributed by atoms with Gasteiger partial charge in [-0.3, -0.25) is 10.1 Å². The highest BCUT2D eigenvalue weighted by Gasteiger charge is 2.21. The number of carbonyl (C=O) groups excluding carboxylic acids is 1. The second-order valence-corrected chi connectivity index (χ2v) is 7.90. The van der Waals surface area contributed by atoms with E-state index in [0.717, 1.165) is 21.8 Å². The number of ether oxygens (including phenoxy) is 3. The highest BCUT2D eigenvalue weighted by Crippen LogP contribution is 2.34. The van der Waals surface area contributed by atoms with Crippen LogP contribution in [0, 0.1) is 17.0 Å². The van der Waals surface area contributed by atoms with E-state index >= 15 is 0 Å². The van der Waals surface area contributed by atoms with Gasteiger partial charge in [0.1, 0.15) is 11.5 Å². The van der Waals surface area contributed by atoms with Gasteiger partial charge in [0, 0.05) is 40.6 Å². The van der Waals surface area contributed by atoms with E-state index in [2.05, 4.69) is 9.97 Å². The van der Waals surface area contributed by atoms with Crippen LogP contribution in [0.1, 0.15) is 35.5 Å². The molecule has 2 heterocycles. The molecular weight excluding hydrogens is 426 g/mol. The Labute approximate surface area is 189 Å². The molecule has 4 rings (SSSR count). The zero-order valence-electron chi connectivity index (χ0n) is 18.7. The predicted molar refractivity (Wildman–Crippen MR) is 123 cm³/mol. The van der Waals surface area contributed by atoms with E-state index in [9.17, 15) is 14.9 Å². The van der Waals surface area contributed by atoms with Crippen LogP contribution in [-0.4, -0.2) is 34.1 Å². The van der Waals surface area contributed by atoms with Gasteiger partial charge in [0.15, 0.2) is 5.69 Å². The van der Waals surface area contributed by atoms with Gasteiger partial charge in [-0.1, -0.05) is 0 Å². The van der Waals surface area contributed by atoms with E-state index in [1.165, 1.54) is 6.07 Å². The molecule has 170 valence electrons. The number of pyridine rings is 1. The number of H-pyrrole nitrogens is 1. The number of hydrogen-bond acceptors (Lipinski definition) is 7. The molecule has 0 saturated carbocycles. The molecule has 4 aromatic rings. The van der Waals surface area contributed by atoms with Crippen molar-refractivity contribution < 1.29 is 23.9 Å². The first kappa shape index (κ1) is 22.2. The van der Waals surface area contributed by atoms with Crippen LogP contribution in [0.25, 0.3) is 21.8 Å². The minimum atomic E-state index is -0.512. The quantitative estimate of drug-likeness (QED) is 0.227. The molecule has 0 atom stereocenters. The summed E-state index contributed by atoms with van der Waals surface area (Å²) in [6, 6.07) is 10.1. The molecule has 0 aliphatic rings. The van der Waals surface area contributed by atoms with Crippen molar-refractivity contribution in [3.63, 3.8) is 0 Å². The van der Waals surface area contributed by atoms with Crippen LogP contribution in [0.5, 0.6) is 11.5 Å². The average Bonchev–Trinajstić information content (AvgIpc) is 3.11. The number of carbonyl (C=O) groups is 1. The normalized spacial score (nSPS) is 11.3. The molecule has 2 aromatic heterocycles. The molecular formula is C24H23N3O6. The van der Waals surface area contributed by atoms with E-state index in [0.29, 0.717) is 22.6 Å². The largest absolute Gasteiger partial charge is 0.458 e. The Bertz CT molecular complexity index is 1380. The number of nitrogens with zero attached hydrogens (tertiary/aromatic N) is 2. The number of aromatic nitrogens is 2. The summed E-state index contributed by atoms with van der Waals surface area (Å²) in [5, 5.41) is 12.7. The molecule has 9 heteroatoms. The summed E-state index contributed by atoms with van der Waals surface area (Å²) in [7, 11) is 1.55. The van der Waals surface area contributed by atoms with Crippen LogP contribution in [0.4, 0.5) is 5.69 Å². The van der Waals surface area contributed by atoms with Gasteiger partial charge in [0.05, 0.1) is 29.3 Å². The fourth-order valence-electron chi connectivity index (χ4n) is 3.77. The number of rotatable bonds is 7. The fourth-order valence-corrected chi connectivity index (χ4v) is 3.77. The summed E-state index contributed by atoms with van der Waals surface area (Å²) < 4.78 is 16.7. The van der Waals surface area contributed by atoms with Gasteiger partial charge in [0.25, 0.3) is 5.69 Å². The molecule has 0 saturated heterocycles. The number of nitro benzene ring substituents is 1. The fraction of sp³-hybridized carbons (Fsp3) is 0.250. The van der Waals surface area contributed by atoms with Crippen LogP contribution in [0.2, 0.25) is 0 Å². The van der Waals surface area contributed by atoms with Crippen molar-refractivity contribution in [2.45, 2.75) is 33.5 Å². The summed E-state index contributed by atoms with van der Waals surface area (Å²) in [5.74, 6) is 0.516. The number of benzene rings is 2. The van der Waals surface area contributed by atoms with Crippen LogP contribution in [-0.2, 0) is 16.1 Å². The first-order valence-electron chi connectivity index (χ1n) is 10.3. The zero-order valence-corrected chi connectivity index (χ0v) is 18.7. The predicted octanol–water partition coefficient (Wildman–Crippen LogP) is 5.44. The molecule has 0 radical (unpaired) electrons. The van der Waals surface area contributed by atoms with Gasteiger partial charge < -0.3 is 19.2 Å². The molecule has 0 bridgehead atoms. The van der Waals surface area contributed by atoms with Crippen LogP contribution < -0.4 is 4.74 Å². The molecule has 0 aliphatic heterocycles. The Hall–Kier alpha value is -3.98. The molecule has 1 N–H and O–H groups in total. The third kappa shape index (κ3) is 4.35. The summed E-state index contributed by atoms with van der Waals surface area (Å²) in [6.07, 6.45) is 1.32. The van der Waals surface area contributed by atoms with E-state index < -0.39 is 10.9 Å². The Balaban J connectivity index is 1.80. The van der Waals surface area contributed by atoms with Crippen molar-refractivity contribution in [3.05, 3.63) is 69.5 Å². The van der Waals surface area contributed by atoms with Gasteiger partial charge in [-0.2, -0.15) is 0 Å². The molecule has 0 aliphatic carbocycles. The zero-order chi connectivity index (χ0) is 23.7. The van der Waals surface area contributed by atoms with E-state index in [1.807, 2.05) is 12.1 Å². The smallest absolute Gasteiger partial charge is 0.357 e. The van der Waals surface area contributed by atoms with Crippen molar-refractivity contribution >= 4 is 33.5 Å². The molecule has 0 spiro atoms. The van der Waals surface area contributed by atoms with Crippen molar-refractivity contribution in [2.75, 3.05) is 7.11 Å². The lowest BCUT2D eigenvalue weighted by molar-refractivity contribution is -0.385. The van der Waals surface area contributed by atoms with Crippen molar-refractivity contribution in [1.29, 1.82) is 0 Å². The van der Waals surface area contributed by atoms with Gasteiger partial charge in [-0.15, -0.1) is 0 Å². The Morgan fingerprint density at radius 2 is 1.88 bits per heavy atom. The van der Waals surface area contributed by atoms with Crippen molar-refractivity contribution in [1.82, 2.24) is 9.97 Å². The third-order valence-electron chi connectivity index (χ3n) is 5.13. The van der Waals surface area contributed by atoms with Gasteiger partial charge in [0.2, 0.25) is 0 Å². The molecule has 0 amide bonds. The first-order chi connectivity index (χ1) is 15.8. The summed E-state index contributed by atoms with van der Waals surface area (Å²) in [6.45, 7) is 5.39. The summed E-state index contributed by atoms with van der Waals surface area (Å²) in [5.41, 5.74) is 2.96. The third-order valence-corrected chi connectivity index (χ3v) is 5.13. The van der Waals surface area contributed by atoms with Gasteiger partial charge in [-0.25, -0.2) is 9.78 Å². The number of nitro groups is 1. The van der Waals surface area contributed by atoms with Gasteiger partial charge >= 0.3 is 5.97 Å². The number of nitrogens with one attached hydrogen (secondary N) is 1. The maximum absolute atomic E-state index is 12.6.